The molecule has 0 spiro atoms. The summed E-state index contributed by atoms with van der Waals surface area (Å²) in [5.74, 6) is 0.284. The maximum atomic E-state index is 12.3. The molecule has 0 aromatic rings. The molecular formula is C19H28O4. The van der Waals surface area contributed by atoms with Crippen LogP contribution in [0.25, 0.3) is 0 Å². The zero-order valence-electron chi connectivity index (χ0n) is 14.6. The van der Waals surface area contributed by atoms with Gasteiger partial charge < -0.3 is 9.84 Å². The maximum Gasteiger partial charge on any atom is 0.331 e. The number of hydrogen-bond acceptors (Lipinski definition) is 3. The van der Waals surface area contributed by atoms with E-state index in [1.165, 1.54) is 6.42 Å². The molecule has 4 rings (SSSR count). The number of aliphatic carboxylic acids is 1. The Morgan fingerprint density at radius 1 is 1.09 bits per heavy atom. The van der Waals surface area contributed by atoms with Gasteiger partial charge >= 0.3 is 11.9 Å². The van der Waals surface area contributed by atoms with E-state index in [0.717, 1.165) is 49.7 Å². The molecule has 4 bridgehead atoms. The molecule has 4 fully saturated rings. The smallest absolute Gasteiger partial charge is 0.331 e. The standard InChI is InChI=1S/C19H28O4/c1-12(2)19-10-13-7-14(11-19)9-17(3,8-13)18(19,4)23-16(22)6-5-15(20)21/h5-6,12-14H,7-11H2,1-4H3,(H,20,21). The van der Waals surface area contributed by atoms with E-state index in [-0.39, 0.29) is 10.8 Å². The highest BCUT2D eigenvalue weighted by Gasteiger charge is 2.71. The number of carbonyl (C=O) groups excluding carboxylic acids is 1. The van der Waals surface area contributed by atoms with Crippen LogP contribution in [0.2, 0.25) is 0 Å². The average Bonchev–Trinajstić information content (AvgIpc) is 2.41. The summed E-state index contributed by atoms with van der Waals surface area (Å²) >= 11 is 0. The topological polar surface area (TPSA) is 63.6 Å². The van der Waals surface area contributed by atoms with E-state index in [1.54, 1.807) is 0 Å². The average molecular weight is 320 g/mol. The second-order valence-electron chi connectivity index (χ2n) is 8.78. The van der Waals surface area contributed by atoms with Crippen LogP contribution in [0.5, 0.6) is 0 Å². The van der Waals surface area contributed by atoms with Gasteiger partial charge in [0, 0.05) is 23.0 Å². The number of esters is 1. The second kappa shape index (κ2) is 5.09. The monoisotopic (exact) mass is 320 g/mol. The molecule has 23 heavy (non-hydrogen) atoms. The first-order chi connectivity index (χ1) is 10.6. The zero-order valence-corrected chi connectivity index (χ0v) is 14.6. The van der Waals surface area contributed by atoms with E-state index in [9.17, 15) is 9.59 Å². The largest absolute Gasteiger partial charge is 0.478 e. The Morgan fingerprint density at radius 2 is 1.65 bits per heavy atom. The molecule has 4 saturated carbocycles. The van der Waals surface area contributed by atoms with Crippen LogP contribution in [0, 0.1) is 28.6 Å². The van der Waals surface area contributed by atoms with Crippen LogP contribution in [-0.2, 0) is 14.3 Å². The van der Waals surface area contributed by atoms with Crippen molar-refractivity contribution in [3.8, 4) is 0 Å². The van der Waals surface area contributed by atoms with Gasteiger partial charge in [0.2, 0.25) is 0 Å². The van der Waals surface area contributed by atoms with E-state index < -0.39 is 17.5 Å². The summed E-state index contributed by atoms with van der Waals surface area (Å²) in [7, 11) is 0. The minimum atomic E-state index is -1.12. The number of hydrogen-bond donors (Lipinski definition) is 1. The van der Waals surface area contributed by atoms with Crippen LogP contribution < -0.4 is 0 Å². The van der Waals surface area contributed by atoms with Gasteiger partial charge in [-0.3, -0.25) is 0 Å². The number of carbonyl (C=O) groups is 2. The summed E-state index contributed by atoms with van der Waals surface area (Å²) in [5, 5.41) is 8.73. The minimum Gasteiger partial charge on any atom is -0.478 e. The Labute approximate surface area is 138 Å². The van der Waals surface area contributed by atoms with E-state index in [1.807, 2.05) is 0 Å². The first-order valence-corrected chi connectivity index (χ1v) is 8.76. The second-order valence-corrected chi connectivity index (χ2v) is 8.78. The SMILES string of the molecule is CC(C)C12CC3CC(CC(C)(C3)C1(C)OC(=O)C=CC(=O)O)C2. The lowest BCUT2D eigenvalue weighted by molar-refractivity contribution is -0.283. The Bertz CT molecular complexity index is 548. The summed E-state index contributed by atoms with van der Waals surface area (Å²) < 4.78 is 6.04. The Hall–Kier alpha value is -1.32. The molecule has 0 aromatic heterocycles. The first-order valence-electron chi connectivity index (χ1n) is 8.76. The normalized spacial score (nSPS) is 44.9. The van der Waals surface area contributed by atoms with Crippen LogP contribution in [-0.4, -0.2) is 22.6 Å². The quantitative estimate of drug-likeness (QED) is 0.632. The zero-order chi connectivity index (χ0) is 17.0. The first kappa shape index (κ1) is 16.5. The van der Waals surface area contributed by atoms with E-state index >= 15 is 0 Å². The number of carboxylic acids is 1. The third-order valence-corrected chi connectivity index (χ3v) is 7.32. The Balaban J connectivity index is 1.97. The summed E-state index contributed by atoms with van der Waals surface area (Å²) in [6.07, 6.45) is 7.73. The highest BCUT2D eigenvalue weighted by Crippen LogP contribution is 2.72. The number of ether oxygens (including phenoxy) is 1. The summed E-state index contributed by atoms with van der Waals surface area (Å²) in [6, 6.07) is 0. The van der Waals surface area contributed by atoms with Gasteiger partial charge in [-0.15, -0.1) is 0 Å². The van der Waals surface area contributed by atoms with E-state index in [4.69, 9.17) is 9.84 Å². The minimum absolute atomic E-state index is 0.00588. The van der Waals surface area contributed by atoms with Gasteiger partial charge in [-0.2, -0.15) is 0 Å². The predicted molar refractivity (Wildman–Crippen MR) is 86.7 cm³/mol. The molecule has 0 radical (unpaired) electrons. The third kappa shape index (κ3) is 2.25. The molecule has 4 aliphatic rings. The van der Waals surface area contributed by atoms with Gasteiger partial charge in [0.1, 0.15) is 5.60 Å². The molecule has 0 amide bonds. The van der Waals surface area contributed by atoms with Crippen molar-refractivity contribution in [2.45, 2.75) is 65.4 Å². The van der Waals surface area contributed by atoms with Crippen molar-refractivity contribution in [2.24, 2.45) is 28.6 Å². The van der Waals surface area contributed by atoms with Crippen molar-refractivity contribution in [1.29, 1.82) is 0 Å². The lowest BCUT2D eigenvalue weighted by Gasteiger charge is -2.71. The highest BCUT2D eigenvalue weighted by molar-refractivity contribution is 5.91. The molecular weight excluding hydrogens is 292 g/mol. The molecule has 0 heterocycles. The molecule has 4 aliphatic carbocycles. The van der Waals surface area contributed by atoms with E-state index in [0.29, 0.717) is 5.92 Å². The Morgan fingerprint density at radius 3 is 2.13 bits per heavy atom. The molecule has 0 aliphatic heterocycles. The fourth-order valence-electron chi connectivity index (χ4n) is 6.42. The lowest BCUT2D eigenvalue weighted by Crippen LogP contribution is -2.70. The molecule has 0 aromatic carbocycles. The van der Waals surface area contributed by atoms with Crippen LogP contribution in [0.1, 0.15) is 59.8 Å². The van der Waals surface area contributed by atoms with Crippen LogP contribution >= 0.6 is 0 Å². The van der Waals surface area contributed by atoms with Crippen LogP contribution in [0.4, 0.5) is 0 Å². The predicted octanol–water partition coefficient (Wildman–Crippen LogP) is 3.80. The van der Waals surface area contributed by atoms with Crippen molar-refractivity contribution >= 4 is 11.9 Å². The molecule has 3 atom stereocenters. The van der Waals surface area contributed by atoms with Crippen LogP contribution in [0.3, 0.4) is 0 Å². The van der Waals surface area contributed by atoms with Gasteiger partial charge in [0.25, 0.3) is 0 Å². The van der Waals surface area contributed by atoms with Gasteiger partial charge in [0.05, 0.1) is 0 Å². The van der Waals surface area contributed by atoms with Gasteiger partial charge in [-0.1, -0.05) is 20.8 Å². The fraction of sp³-hybridized carbons (Fsp3) is 0.789. The molecule has 3 unspecified atom stereocenters. The molecule has 0 saturated heterocycles. The van der Waals surface area contributed by atoms with E-state index in [2.05, 4.69) is 27.7 Å². The lowest BCUT2D eigenvalue weighted by atomic mass is 9.36. The van der Waals surface area contributed by atoms with Crippen LogP contribution in [0.15, 0.2) is 12.2 Å². The Kier molecular flexibility index (Phi) is 3.66. The highest BCUT2D eigenvalue weighted by atomic mass is 16.6. The maximum absolute atomic E-state index is 12.3. The van der Waals surface area contributed by atoms with Crippen molar-refractivity contribution in [1.82, 2.24) is 0 Å². The fourth-order valence-corrected chi connectivity index (χ4v) is 6.42. The summed E-state index contributed by atoms with van der Waals surface area (Å²) in [6.45, 7) is 8.87. The number of rotatable bonds is 4. The van der Waals surface area contributed by atoms with Crippen molar-refractivity contribution in [3.05, 3.63) is 12.2 Å². The summed E-state index contributed by atoms with van der Waals surface area (Å²) in [4.78, 5) is 22.9. The van der Waals surface area contributed by atoms with Crippen molar-refractivity contribution in [3.63, 3.8) is 0 Å². The third-order valence-electron chi connectivity index (χ3n) is 7.32. The van der Waals surface area contributed by atoms with Gasteiger partial charge in [-0.25, -0.2) is 9.59 Å². The molecule has 4 nitrogen and oxygen atoms in total. The molecule has 128 valence electrons. The van der Waals surface area contributed by atoms with Gasteiger partial charge in [0.15, 0.2) is 0 Å². The van der Waals surface area contributed by atoms with Gasteiger partial charge in [-0.05, 0) is 56.8 Å². The number of carboxylic acid groups (broad SMARTS) is 1. The summed E-state index contributed by atoms with van der Waals surface area (Å²) in [5.41, 5.74) is -0.520. The molecule has 1 N–H and O–H groups in total. The molecule has 4 heteroatoms. The van der Waals surface area contributed by atoms with Crippen molar-refractivity contribution < 1.29 is 19.4 Å². The van der Waals surface area contributed by atoms with Crippen molar-refractivity contribution in [2.75, 3.05) is 0 Å².